The average Bonchev–Trinajstić information content (AvgIpc) is 3.15. The third-order valence-electron chi connectivity index (χ3n) is 5.47. The van der Waals surface area contributed by atoms with Crippen LogP contribution in [0.4, 0.5) is 0 Å². The van der Waals surface area contributed by atoms with E-state index in [0.717, 1.165) is 11.1 Å². The molecule has 1 aromatic carbocycles. The summed E-state index contributed by atoms with van der Waals surface area (Å²) in [7, 11) is -3.23. The van der Waals surface area contributed by atoms with Crippen molar-refractivity contribution in [2.75, 3.05) is 18.8 Å². The van der Waals surface area contributed by atoms with Gasteiger partial charge in [0.15, 0.2) is 9.84 Å². The second-order valence-corrected chi connectivity index (χ2v) is 9.36. The lowest BCUT2D eigenvalue weighted by Crippen LogP contribution is -2.36. The number of amides is 1. The molecule has 9 heteroatoms. The topological polar surface area (TPSA) is 93.4 Å². The van der Waals surface area contributed by atoms with E-state index in [1.165, 1.54) is 0 Å². The Morgan fingerprint density at radius 1 is 1.14 bits per heavy atom. The molecule has 0 unspecified atom stereocenters. The van der Waals surface area contributed by atoms with Crippen LogP contribution in [0.2, 0.25) is 0 Å². The van der Waals surface area contributed by atoms with Gasteiger partial charge in [-0.3, -0.25) is 9.78 Å². The number of fused-ring (bicyclic) bond motifs is 1. The molecule has 152 valence electrons. The van der Waals surface area contributed by atoms with Crippen molar-refractivity contribution >= 4 is 40.6 Å². The van der Waals surface area contributed by atoms with E-state index in [4.69, 9.17) is 5.73 Å². The summed E-state index contributed by atoms with van der Waals surface area (Å²) < 4.78 is 24.6. The Kier molecular flexibility index (Phi) is 6.76. The largest absolute Gasteiger partial charge is 0.337 e. The highest BCUT2D eigenvalue weighted by molar-refractivity contribution is 7.92. The van der Waals surface area contributed by atoms with E-state index in [2.05, 4.69) is 4.98 Å². The molecule has 1 aromatic heterocycles. The fourth-order valence-corrected chi connectivity index (χ4v) is 6.38. The first-order valence-corrected chi connectivity index (χ1v) is 10.4. The lowest BCUT2D eigenvalue weighted by molar-refractivity contribution is 0.0785. The van der Waals surface area contributed by atoms with Gasteiger partial charge in [-0.2, -0.15) is 0 Å². The van der Waals surface area contributed by atoms with Gasteiger partial charge >= 0.3 is 0 Å². The Hall–Kier alpha value is -1.67. The predicted molar refractivity (Wildman–Crippen MR) is 114 cm³/mol. The van der Waals surface area contributed by atoms with Crippen LogP contribution in [0, 0.1) is 12.8 Å². The van der Waals surface area contributed by atoms with Gasteiger partial charge in [0.2, 0.25) is 0 Å². The Balaban J connectivity index is 0.00000140. The van der Waals surface area contributed by atoms with Gasteiger partial charge in [0.05, 0.1) is 22.3 Å². The smallest absolute Gasteiger partial charge is 0.256 e. The van der Waals surface area contributed by atoms with Crippen LogP contribution in [0.25, 0.3) is 11.1 Å². The van der Waals surface area contributed by atoms with E-state index in [0.29, 0.717) is 17.8 Å². The number of aryl methyl sites for hydroxylation is 1. The number of halogens is 2. The molecular weight excluding hydrogens is 421 g/mol. The maximum atomic E-state index is 13.3. The summed E-state index contributed by atoms with van der Waals surface area (Å²) in [5, 5.41) is -0.543. The van der Waals surface area contributed by atoms with Gasteiger partial charge in [-0.05, 0) is 24.1 Å². The number of aromatic nitrogens is 1. The molecule has 4 rings (SSSR count). The molecule has 2 aliphatic rings. The zero-order valence-corrected chi connectivity index (χ0v) is 17.8. The first kappa shape index (κ1) is 22.6. The number of sulfone groups is 1. The molecule has 2 saturated heterocycles. The van der Waals surface area contributed by atoms with Crippen LogP contribution in [-0.2, 0) is 9.84 Å². The molecule has 3 heterocycles. The summed E-state index contributed by atoms with van der Waals surface area (Å²) in [6.07, 6.45) is 1.69. The van der Waals surface area contributed by atoms with E-state index < -0.39 is 21.1 Å². The molecule has 6 nitrogen and oxygen atoms in total. The van der Waals surface area contributed by atoms with Crippen LogP contribution in [0.3, 0.4) is 0 Å². The number of nitrogens with two attached hydrogens (primary N) is 1. The minimum absolute atomic E-state index is 0. The zero-order valence-electron chi connectivity index (χ0n) is 15.3. The number of hydrogen-bond donors (Lipinski definition) is 1. The van der Waals surface area contributed by atoms with Gasteiger partial charge in [-0.1, -0.05) is 30.3 Å². The molecule has 2 N–H and O–H groups in total. The minimum atomic E-state index is -3.23. The van der Waals surface area contributed by atoms with Crippen molar-refractivity contribution in [3.05, 3.63) is 53.9 Å². The van der Waals surface area contributed by atoms with Crippen molar-refractivity contribution in [3.8, 4) is 11.1 Å². The van der Waals surface area contributed by atoms with Crippen molar-refractivity contribution in [1.29, 1.82) is 0 Å². The van der Waals surface area contributed by atoms with Gasteiger partial charge < -0.3 is 10.6 Å². The molecule has 0 spiro atoms. The van der Waals surface area contributed by atoms with Gasteiger partial charge in [-0.15, -0.1) is 24.8 Å². The molecule has 1 amide bonds. The summed E-state index contributed by atoms with van der Waals surface area (Å²) >= 11 is 0. The van der Waals surface area contributed by atoms with Crippen LogP contribution in [0.15, 0.2) is 42.6 Å². The first-order chi connectivity index (χ1) is 12.4. The Morgan fingerprint density at radius 3 is 2.46 bits per heavy atom. The van der Waals surface area contributed by atoms with Crippen LogP contribution < -0.4 is 5.73 Å². The van der Waals surface area contributed by atoms with Crippen LogP contribution in [-0.4, -0.2) is 54.3 Å². The zero-order chi connectivity index (χ0) is 18.5. The molecule has 0 bridgehead atoms. The highest BCUT2D eigenvalue weighted by atomic mass is 35.5. The van der Waals surface area contributed by atoms with Crippen molar-refractivity contribution < 1.29 is 13.2 Å². The van der Waals surface area contributed by atoms with E-state index >= 15 is 0 Å². The third kappa shape index (κ3) is 3.76. The normalized spacial score (nSPS) is 24.8. The molecule has 2 aliphatic heterocycles. The van der Waals surface area contributed by atoms with Crippen molar-refractivity contribution in [2.24, 2.45) is 11.7 Å². The number of hydrogen-bond acceptors (Lipinski definition) is 5. The quantitative estimate of drug-likeness (QED) is 0.766. The lowest BCUT2D eigenvalue weighted by atomic mass is 9.98. The monoisotopic (exact) mass is 443 g/mol. The van der Waals surface area contributed by atoms with Gasteiger partial charge in [0, 0.05) is 31.2 Å². The van der Waals surface area contributed by atoms with Crippen LogP contribution in [0.1, 0.15) is 16.1 Å². The molecule has 2 aromatic rings. The molecular formula is C19H23Cl2N3O3S. The first-order valence-electron chi connectivity index (χ1n) is 8.66. The molecule has 2 fully saturated rings. The standard InChI is InChI=1S/C19H21N3O3S.2ClH/c1-12-18(14(7-8-21-12)13-5-3-2-4-6-13)19(23)22-9-15-16(20)11-26(24,25)17(15)10-22;;/h2-8,15-17H,9-11,20H2,1H3;2*1H/t15-,16+,17-;;/m0../s1. The van der Waals surface area contributed by atoms with Crippen LogP contribution in [0.5, 0.6) is 0 Å². The number of rotatable bonds is 2. The number of benzene rings is 1. The molecule has 0 aliphatic carbocycles. The minimum Gasteiger partial charge on any atom is -0.337 e. The number of carbonyl (C=O) groups is 1. The maximum absolute atomic E-state index is 13.3. The lowest BCUT2D eigenvalue weighted by Gasteiger charge is -2.21. The highest BCUT2D eigenvalue weighted by Crippen LogP contribution is 2.35. The van der Waals surface area contributed by atoms with E-state index in [1.807, 2.05) is 36.4 Å². The van der Waals surface area contributed by atoms with Crippen molar-refractivity contribution in [3.63, 3.8) is 0 Å². The highest BCUT2D eigenvalue weighted by Gasteiger charge is 2.52. The van der Waals surface area contributed by atoms with Gasteiger partial charge in [0.25, 0.3) is 5.91 Å². The Morgan fingerprint density at radius 2 is 1.82 bits per heavy atom. The number of nitrogens with zero attached hydrogens (tertiary/aromatic N) is 2. The fraction of sp³-hybridized carbons (Fsp3) is 0.368. The Bertz CT molecular complexity index is 970. The van der Waals surface area contributed by atoms with Crippen molar-refractivity contribution in [1.82, 2.24) is 9.88 Å². The molecule has 3 atom stereocenters. The van der Waals surface area contributed by atoms with E-state index in [9.17, 15) is 13.2 Å². The summed E-state index contributed by atoms with van der Waals surface area (Å²) in [6, 6.07) is 11.1. The van der Waals surface area contributed by atoms with E-state index in [-0.39, 0.29) is 48.9 Å². The molecule has 0 radical (unpaired) electrons. The molecule has 0 saturated carbocycles. The number of pyridine rings is 1. The number of likely N-dealkylation sites (tertiary alicyclic amines) is 1. The summed E-state index contributed by atoms with van der Waals surface area (Å²) in [5.41, 5.74) is 8.94. The fourth-order valence-electron chi connectivity index (χ4n) is 4.12. The van der Waals surface area contributed by atoms with Crippen molar-refractivity contribution in [2.45, 2.75) is 18.2 Å². The average molecular weight is 444 g/mol. The Labute approximate surface area is 177 Å². The predicted octanol–water partition coefficient (Wildman–Crippen LogP) is 2.10. The van der Waals surface area contributed by atoms with Crippen LogP contribution >= 0.6 is 24.8 Å². The summed E-state index contributed by atoms with van der Waals surface area (Å²) in [5.74, 6) is -0.335. The third-order valence-corrected chi connectivity index (χ3v) is 7.74. The summed E-state index contributed by atoms with van der Waals surface area (Å²) in [6.45, 7) is 2.40. The summed E-state index contributed by atoms with van der Waals surface area (Å²) in [4.78, 5) is 19.2. The SMILES string of the molecule is Cc1nccc(-c2ccccc2)c1C(=O)N1C[C@H]2[C@H](N)CS(=O)(=O)[C@H]2C1.Cl.Cl. The number of carbonyl (C=O) groups excluding carboxylic acids is 1. The second kappa shape index (κ2) is 8.37. The molecule has 28 heavy (non-hydrogen) atoms. The van der Waals surface area contributed by atoms with Gasteiger partial charge in [0.1, 0.15) is 0 Å². The van der Waals surface area contributed by atoms with Gasteiger partial charge in [-0.25, -0.2) is 8.42 Å². The second-order valence-electron chi connectivity index (χ2n) is 7.09. The van der Waals surface area contributed by atoms with E-state index in [1.54, 1.807) is 18.0 Å². The maximum Gasteiger partial charge on any atom is 0.256 e.